The Labute approximate surface area is 163 Å². The average molecular weight is 371 g/mol. The standard InChI is InChI=1S/C23H21N3O2/c1-15-12-16(10-11-21(15)28-2)13-22(27)24-18-7-5-6-17(14-18)23-25-19-8-3-4-9-20(19)26-23/h3-12,14H,13H2,1-2H3,(H,24,27)(H,25,26). The van der Waals surface area contributed by atoms with Crippen molar-refractivity contribution >= 4 is 22.6 Å². The number of para-hydroxylation sites is 2. The van der Waals surface area contributed by atoms with Crippen LogP contribution in [0.25, 0.3) is 22.4 Å². The van der Waals surface area contributed by atoms with Crippen molar-refractivity contribution in [2.45, 2.75) is 13.3 Å². The zero-order valence-corrected chi connectivity index (χ0v) is 15.8. The Hall–Kier alpha value is -3.60. The molecule has 1 aromatic heterocycles. The van der Waals surface area contributed by atoms with Gasteiger partial charge in [0.1, 0.15) is 11.6 Å². The number of amides is 1. The maximum atomic E-state index is 12.5. The lowest BCUT2D eigenvalue weighted by Crippen LogP contribution is -2.14. The molecule has 5 heteroatoms. The van der Waals surface area contributed by atoms with Gasteiger partial charge in [0.25, 0.3) is 0 Å². The van der Waals surface area contributed by atoms with E-state index in [1.165, 1.54) is 0 Å². The van der Waals surface area contributed by atoms with Gasteiger partial charge in [0.05, 0.1) is 24.6 Å². The minimum atomic E-state index is -0.0636. The van der Waals surface area contributed by atoms with Crippen LogP contribution >= 0.6 is 0 Å². The van der Waals surface area contributed by atoms with E-state index in [-0.39, 0.29) is 5.91 Å². The number of nitrogens with one attached hydrogen (secondary N) is 2. The number of methoxy groups -OCH3 is 1. The molecule has 4 rings (SSSR count). The van der Waals surface area contributed by atoms with Crippen LogP contribution in [0.3, 0.4) is 0 Å². The van der Waals surface area contributed by atoms with Gasteiger partial charge in [-0.2, -0.15) is 0 Å². The predicted molar refractivity (Wildman–Crippen MR) is 112 cm³/mol. The lowest BCUT2D eigenvalue weighted by Gasteiger charge is -2.09. The molecule has 0 radical (unpaired) electrons. The van der Waals surface area contributed by atoms with Crippen molar-refractivity contribution in [2.24, 2.45) is 0 Å². The fraction of sp³-hybridized carbons (Fsp3) is 0.130. The highest BCUT2D eigenvalue weighted by atomic mass is 16.5. The Kier molecular flexibility index (Phi) is 4.81. The zero-order valence-electron chi connectivity index (χ0n) is 15.8. The number of H-pyrrole nitrogens is 1. The number of aryl methyl sites for hydroxylation is 1. The van der Waals surface area contributed by atoms with Gasteiger partial charge in [0.15, 0.2) is 0 Å². The molecule has 5 nitrogen and oxygen atoms in total. The molecule has 0 spiro atoms. The molecule has 1 heterocycles. The van der Waals surface area contributed by atoms with Crippen LogP contribution in [-0.2, 0) is 11.2 Å². The second-order valence-corrected chi connectivity index (χ2v) is 6.71. The lowest BCUT2D eigenvalue weighted by atomic mass is 10.1. The third kappa shape index (κ3) is 3.74. The topological polar surface area (TPSA) is 67.0 Å². The molecule has 1 amide bonds. The molecule has 28 heavy (non-hydrogen) atoms. The summed E-state index contributed by atoms with van der Waals surface area (Å²) in [6.45, 7) is 1.97. The first kappa shape index (κ1) is 17.8. The van der Waals surface area contributed by atoms with Crippen LogP contribution in [-0.4, -0.2) is 23.0 Å². The summed E-state index contributed by atoms with van der Waals surface area (Å²) in [5.74, 6) is 1.54. The molecule has 0 saturated heterocycles. The highest BCUT2D eigenvalue weighted by Crippen LogP contribution is 2.23. The highest BCUT2D eigenvalue weighted by molar-refractivity contribution is 5.93. The van der Waals surface area contributed by atoms with E-state index in [0.29, 0.717) is 6.42 Å². The number of carbonyl (C=O) groups is 1. The van der Waals surface area contributed by atoms with Gasteiger partial charge in [-0.05, 0) is 48.4 Å². The molecule has 0 unspecified atom stereocenters. The number of carbonyl (C=O) groups excluding carboxylic acids is 1. The zero-order chi connectivity index (χ0) is 19.5. The second kappa shape index (κ2) is 7.56. The Morgan fingerprint density at radius 2 is 1.93 bits per heavy atom. The number of ether oxygens (including phenoxy) is 1. The van der Waals surface area contributed by atoms with Gasteiger partial charge >= 0.3 is 0 Å². The number of imidazole rings is 1. The van der Waals surface area contributed by atoms with E-state index < -0.39 is 0 Å². The SMILES string of the molecule is COc1ccc(CC(=O)Nc2cccc(-c3nc4ccccc4[nH]3)c2)cc1C. The van der Waals surface area contributed by atoms with Crippen LogP contribution in [0.1, 0.15) is 11.1 Å². The van der Waals surface area contributed by atoms with Gasteiger partial charge in [-0.3, -0.25) is 4.79 Å². The van der Waals surface area contributed by atoms with Gasteiger partial charge < -0.3 is 15.0 Å². The monoisotopic (exact) mass is 371 g/mol. The molecule has 0 bridgehead atoms. The normalized spacial score (nSPS) is 10.8. The van der Waals surface area contributed by atoms with Crippen molar-refractivity contribution in [3.8, 4) is 17.1 Å². The number of rotatable bonds is 5. The van der Waals surface area contributed by atoms with E-state index in [1.807, 2.05) is 73.7 Å². The van der Waals surface area contributed by atoms with Crippen molar-refractivity contribution in [3.05, 3.63) is 77.9 Å². The van der Waals surface area contributed by atoms with Crippen LogP contribution in [0.4, 0.5) is 5.69 Å². The van der Waals surface area contributed by atoms with E-state index in [1.54, 1.807) is 7.11 Å². The van der Waals surface area contributed by atoms with E-state index in [4.69, 9.17) is 4.74 Å². The molecule has 0 saturated carbocycles. The quantitative estimate of drug-likeness (QED) is 0.533. The van der Waals surface area contributed by atoms with Gasteiger partial charge in [-0.15, -0.1) is 0 Å². The number of nitrogens with zero attached hydrogens (tertiary/aromatic N) is 1. The first-order valence-electron chi connectivity index (χ1n) is 9.11. The van der Waals surface area contributed by atoms with Gasteiger partial charge in [-0.25, -0.2) is 4.98 Å². The van der Waals surface area contributed by atoms with Crippen LogP contribution in [0.2, 0.25) is 0 Å². The minimum absolute atomic E-state index is 0.0636. The van der Waals surface area contributed by atoms with Crippen LogP contribution < -0.4 is 10.1 Å². The van der Waals surface area contributed by atoms with E-state index in [0.717, 1.165) is 45.0 Å². The van der Waals surface area contributed by atoms with Crippen molar-refractivity contribution in [3.63, 3.8) is 0 Å². The molecule has 2 N–H and O–H groups in total. The van der Waals surface area contributed by atoms with E-state index >= 15 is 0 Å². The summed E-state index contributed by atoms with van der Waals surface area (Å²) >= 11 is 0. The molecule has 0 aliphatic carbocycles. The van der Waals surface area contributed by atoms with Crippen LogP contribution in [0.15, 0.2) is 66.7 Å². The van der Waals surface area contributed by atoms with Crippen LogP contribution in [0, 0.1) is 6.92 Å². The average Bonchev–Trinajstić information content (AvgIpc) is 3.12. The lowest BCUT2D eigenvalue weighted by molar-refractivity contribution is -0.115. The molecule has 0 fully saturated rings. The van der Waals surface area contributed by atoms with Crippen molar-refractivity contribution in [1.82, 2.24) is 9.97 Å². The van der Waals surface area contributed by atoms with Gasteiger partial charge in [0, 0.05) is 11.3 Å². The fourth-order valence-corrected chi connectivity index (χ4v) is 3.27. The molecule has 140 valence electrons. The highest BCUT2D eigenvalue weighted by Gasteiger charge is 2.09. The first-order chi connectivity index (χ1) is 13.6. The van der Waals surface area contributed by atoms with E-state index in [2.05, 4.69) is 15.3 Å². The summed E-state index contributed by atoms with van der Waals surface area (Å²) in [5.41, 5.74) is 5.54. The number of hydrogen-bond acceptors (Lipinski definition) is 3. The van der Waals surface area contributed by atoms with Crippen molar-refractivity contribution < 1.29 is 9.53 Å². The first-order valence-corrected chi connectivity index (χ1v) is 9.11. The maximum absolute atomic E-state index is 12.5. The molecule has 0 aliphatic heterocycles. The number of benzene rings is 3. The molecular weight excluding hydrogens is 350 g/mol. The fourth-order valence-electron chi connectivity index (χ4n) is 3.27. The smallest absolute Gasteiger partial charge is 0.228 e. The van der Waals surface area contributed by atoms with Crippen molar-refractivity contribution in [2.75, 3.05) is 12.4 Å². The Bertz CT molecular complexity index is 1110. The summed E-state index contributed by atoms with van der Waals surface area (Å²) in [6.07, 6.45) is 0.305. The number of anilines is 1. The largest absolute Gasteiger partial charge is 0.496 e. The number of fused-ring (bicyclic) bond motifs is 1. The molecule has 0 aliphatic rings. The predicted octanol–water partition coefficient (Wildman–Crippen LogP) is 4.73. The Morgan fingerprint density at radius 1 is 1.07 bits per heavy atom. The third-order valence-corrected chi connectivity index (χ3v) is 4.63. The molecule has 3 aromatic carbocycles. The van der Waals surface area contributed by atoms with Gasteiger partial charge in [0.2, 0.25) is 5.91 Å². The summed E-state index contributed by atoms with van der Waals surface area (Å²) in [5, 5.41) is 2.97. The summed E-state index contributed by atoms with van der Waals surface area (Å²) < 4.78 is 5.27. The van der Waals surface area contributed by atoms with Crippen molar-refractivity contribution in [1.29, 1.82) is 0 Å². The van der Waals surface area contributed by atoms with Gasteiger partial charge in [-0.1, -0.05) is 36.4 Å². The number of hydrogen-bond donors (Lipinski definition) is 2. The summed E-state index contributed by atoms with van der Waals surface area (Å²) in [6, 6.07) is 21.4. The maximum Gasteiger partial charge on any atom is 0.228 e. The number of aromatic nitrogens is 2. The second-order valence-electron chi connectivity index (χ2n) is 6.71. The summed E-state index contributed by atoms with van der Waals surface area (Å²) in [4.78, 5) is 20.4. The molecule has 0 atom stereocenters. The van der Waals surface area contributed by atoms with Crippen LogP contribution in [0.5, 0.6) is 5.75 Å². The minimum Gasteiger partial charge on any atom is -0.496 e. The third-order valence-electron chi connectivity index (χ3n) is 4.63. The summed E-state index contributed by atoms with van der Waals surface area (Å²) in [7, 11) is 1.64. The Morgan fingerprint density at radius 3 is 2.71 bits per heavy atom. The van der Waals surface area contributed by atoms with E-state index in [9.17, 15) is 4.79 Å². The number of aromatic amines is 1. The molecule has 4 aromatic rings. The Balaban J connectivity index is 1.50. The molecular formula is C23H21N3O2.